The zero-order valence-corrected chi connectivity index (χ0v) is 12.4. The molecule has 0 spiro atoms. The van der Waals surface area contributed by atoms with Gasteiger partial charge in [0, 0.05) is 21.3 Å². The molecule has 2 aromatic carbocycles. The minimum Gasteiger partial charge on any atom is -0.322 e. The molecule has 0 saturated carbocycles. The molecule has 0 bridgehead atoms. The van der Waals surface area contributed by atoms with Crippen LogP contribution in [-0.4, -0.2) is 5.91 Å². The number of nitrogens with one attached hydrogen (secondary N) is 1. The quantitative estimate of drug-likeness (QED) is 0.766. The topological polar surface area (TPSA) is 29.1 Å². The van der Waals surface area contributed by atoms with Gasteiger partial charge in [0.05, 0.1) is 10.0 Å². The van der Waals surface area contributed by atoms with Crippen molar-refractivity contribution in [3.05, 3.63) is 62.1 Å². The van der Waals surface area contributed by atoms with Crippen LogP contribution in [0.5, 0.6) is 0 Å². The third-order valence-corrected chi connectivity index (χ3v) is 3.48. The highest BCUT2D eigenvalue weighted by Gasteiger charge is 2.09. The normalized spacial score (nSPS) is 10.3. The Labute approximate surface area is 130 Å². The molecule has 0 aliphatic carbocycles. The summed E-state index contributed by atoms with van der Waals surface area (Å²) in [4.78, 5) is 12.0. The lowest BCUT2D eigenvalue weighted by molar-refractivity contribution is 0.102. The minimum absolute atomic E-state index is 0.318. The van der Waals surface area contributed by atoms with Gasteiger partial charge in [0.1, 0.15) is 0 Å². The summed E-state index contributed by atoms with van der Waals surface area (Å²) in [6.45, 7) is 0. The van der Waals surface area contributed by atoms with Crippen molar-refractivity contribution in [2.75, 3.05) is 5.32 Å². The van der Waals surface area contributed by atoms with Crippen LogP contribution in [0.3, 0.4) is 0 Å². The summed E-state index contributed by atoms with van der Waals surface area (Å²) in [6.07, 6.45) is 0. The second-order valence-corrected chi connectivity index (χ2v) is 5.43. The van der Waals surface area contributed by atoms with E-state index in [1.165, 1.54) is 6.07 Å². The first-order valence-corrected chi connectivity index (χ1v) is 6.69. The Morgan fingerprint density at radius 2 is 1.47 bits per heavy atom. The van der Waals surface area contributed by atoms with Gasteiger partial charge in [-0.2, -0.15) is 0 Å². The molecular formula is C13H7Cl4NO. The molecule has 0 saturated heterocycles. The smallest absolute Gasteiger partial charge is 0.255 e. The van der Waals surface area contributed by atoms with E-state index in [1.54, 1.807) is 30.3 Å². The Balaban J connectivity index is 2.22. The molecule has 0 aromatic heterocycles. The molecule has 98 valence electrons. The summed E-state index contributed by atoms with van der Waals surface area (Å²) >= 11 is 23.3. The molecule has 0 fully saturated rings. The average molecular weight is 335 g/mol. The molecule has 0 heterocycles. The highest BCUT2D eigenvalue weighted by molar-refractivity contribution is 6.42. The first-order valence-electron chi connectivity index (χ1n) is 5.18. The van der Waals surface area contributed by atoms with E-state index >= 15 is 0 Å². The van der Waals surface area contributed by atoms with Crippen LogP contribution in [0, 0.1) is 0 Å². The molecular weight excluding hydrogens is 328 g/mol. The van der Waals surface area contributed by atoms with Crippen molar-refractivity contribution in [2.24, 2.45) is 0 Å². The monoisotopic (exact) mass is 333 g/mol. The molecule has 2 rings (SSSR count). The first kappa shape index (κ1) is 14.5. The second-order valence-electron chi connectivity index (χ2n) is 3.74. The zero-order chi connectivity index (χ0) is 14.0. The van der Waals surface area contributed by atoms with E-state index in [9.17, 15) is 4.79 Å². The molecule has 0 unspecified atom stereocenters. The van der Waals surface area contributed by atoms with Crippen LogP contribution in [0.4, 0.5) is 5.69 Å². The lowest BCUT2D eigenvalue weighted by Gasteiger charge is -2.07. The van der Waals surface area contributed by atoms with Crippen molar-refractivity contribution in [3.63, 3.8) is 0 Å². The Morgan fingerprint density at radius 3 is 2.05 bits per heavy atom. The molecule has 0 radical (unpaired) electrons. The van der Waals surface area contributed by atoms with Gasteiger partial charge in [-0.25, -0.2) is 0 Å². The summed E-state index contributed by atoms with van der Waals surface area (Å²) < 4.78 is 0. The van der Waals surface area contributed by atoms with Crippen molar-refractivity contribution in [3.8, 4) is 0 Å². The second kappa shape index (κ2) is 6.02. The summed E-state index contributed by atoms with van der Waals surface area (Å²) in [7, 11) is 0. The van der Waals surface area contributed by atoms with E-state index < -0.39 is 0 Å². The lowest BCUT2D eigenvalue weighted by atomic mass is 10.2. The van der Waals surface area contributed by atoms with Crippen molar-refractivity contribution in [1.29, 1.82) is 0 Å². The maximum atomic E-state index is 12.0. The number of hydrogen-bond acceptors (Lipinski definition) is 1. The van der Waals surface area contributed by atoms with Crippen molar-refractivity contribution in [2.45, 2.75) is 0 Å². The van der Waals surface area contributed by atoms with Gasteiger partial charge in [-0.3, -0.25) is 4.79 Å². The van der Waals surface area contributed by atoms with Gasteiger partial charge in [-0.1, -0.05) is 46.4 Å². The fourth-order valence-corrected chi connectivity index (χ4v) is 2.29. The van der Waals surface area contributed by atoms with E-state index in [2.05, 4.69) is 5.32 Å². The summed E-state index contributed by atoms with van der Waals surface area (Å²) in [5.41, 5.74) is 0.902. The van der Waals surface area contributed by atoms with Crippen molar-refractivity contribution in [1.82, 2.24) is 0 Å². The van der Waals surface area contributed by atoms with Crippen molar-refractivity contribution < 1.29 is 4.79 Å². The van der Waals surface area contributed by atoms with Crippen LogP contribution in [-0.2, 0) is 0 Å². The molecule has 2 aromatic rings. The Morgan fingerprint density at radius 1 is 0.842 bits per heavy atom. The van der Waals surface area contributed by atoms with Gasteiger partial charge < -0.3 is 5.32 Å². The van der Waals surface area contributed by atoms with Gasteiger partial charge >= 0.3 is 0 Å². The van der Waals surface area contributed by atoms with Crippen LogP contribution < -0.4 is 5.32 Å². The summed E-state index contributed by atoms with van der Waals surface area (Å²) in [5, 5.41) is 4.27. The number of carbonyl (C=O) groups excluding carboxylic acids is 1. The molecule has 19 heavy (non-hydrogen) atoms. The van der Waals surface area contributed by atoms with Crippen LogP contribution >= 0.6 is 46.4 Å². The van der Waals surface area contributed by atoms with Crippen molar-refractivity contribution >= 4 is 58.0 Å². The zero-order valence-electron chi connectivity index (χ0n) is 9.38. The predicted octanol–water partition coefficient (Wildman–Crippen LogP) is 5.55. The molecule has 0 aliphatic rings. The SMILES string of the molecule is O=C(Nc1cc(Cl)cc(Cl)c1)c1ccc(Cl)c(Cl)c1. The van der Waals surface area contributed by atoms with Gasteiger partial charge in [0.2, 0.25) is 0 Å². The fourth-order valence-electron chi connectivity index (χ4n) is 1.47. The molecule has 2 nitrogen and oxygen atoms in total. The molecule has 1 N–H and O–H groups in total. The Bertz CT molecular complexity index is 622. The Hall–Kier alpha value is -0.930. The highest BCUT2D eigenvalue weighted by atomic mass is 35.5. The van der Waals surface area contributed by atoms with Crippen LogP contribution in [0.2, 0.25) is 20.1 Å². The summed E-state index contributed by atoms with van der Waals surface area (Å²) in [6, 6.07) is 9.41. The Kier molecular flexibility index (Phi) is 4.58. The van der Waals surface area contributed by atoms with Gasteiger partial charge in [-0.05, 0) is 36.4 Å². The standard InChI is InChI=1S/C13H7Cl4NO/c14-8-4-9(15)6-10(5-8)18-13(19)7-1-2-11(16)12(17)3-7/h1-6H,(H,18,19). The predicted molar refractivity (Wildman–Crippen MR) is 80.9 cm³/mol. The molecule has 0 aliphatic heterocycles. The number of hydrogen-bond donors (Lipinski definition) is 1. The third kappa shape index (κ3) is 3.77. The van der Waals surface area contributed by atoms with Crippen LogP contribution in [0.15, 0.2) is 36.4 Å². The number of anilines is 1. The van der Waals surface area contributed by atoms with Gasteiger partial charge in [0.25, 0.3) is 5.91 Å². The number of halogens is 4. The maximum absolute atomic E-state index is 12.0. The maximum Gasteiger partial charge on any atom is 0.255 e. The van der Waals surface area contributed by atoms with E-state index in [0.717, 1.165) is 0 Å². The van der Waals surface area contributed by atoms with Crippen LogP contribution in [0.1, 0.15) is 10.4 Å². The fraction of sp³-hybridized carbons (Fsp3) is 0. The number of benzene rings is 2. The largest absolute Gasteiger partial charge is 0.322 e. The average Bonchev–Trinajstić information content (AvgIpc) is 2.31. The lowest BCUT2D eigenvalue weighted by Crippen LogP contribution is -2.11. The highest BCUT2D eigenvalue weighted by Crippen LogP contribution is 2.25. The van der Waals surface area contributed by atoms with Gasteiger partial charge in [-0.15, -0.1) is 0 Å². The minimum atomic E-state index is -0.322. The van der Waals surface area contributed by atoms with E-state index in [-0.39, 0.29) is 5.91 Å². The van der Waals surface area contributed by atoms with E-state index in [4.69, 9.17) is 46.4 Å². The number of carbonyl (C=O) groups is 1. The van der Waals surface area contributed by atoms with E-state index in [0.29, 0.717) is 31.3 Å². The summed E-state index contributed by atoms with van der Waals surface area (Å²) in [5.74, 6) is -0.322. The molecule has 6 heteroatoms. The third-order valence-electron chi connectivity index (χ3n) is 2.30. The number of rotatable bonds is 2. The van der Waals surface area contributed by atoms with Gasteiger partial charge in [0.15, 0.2) is 0 Å². The van der Waals surface area contributed by atoms with E-state index in [1.807, 2.05) is 0 Å². The first-order chi connectivity index (χ1) is 8.95. The molecule has 0 atom stereocenters. The van der Waals surface area contributed by atoms with Crippen LogP contribution in [0.25, 0.3) is 0 Å². The molecule has 1 amide bonds. The number of amides is 1.